The van der Waals surface area contributed by atoms with E-state index in [9.17, 15) is 14.4 Å². The summed E-state index contributed by atoms with van der Waals surface area (Å²) in [5.74, 6) is -1.49. The number of carbonyl (C=O) groups is 3. The second-order valence-electron chi connectivity index (χ2n) is 10.8. The second kappa shape index (κ2) is 12.0. The van der Waals surface area contributed by atoms with Crippen molar-refractivity contribution in [2.75, 3.05) is 20.3 Å². The number of fused-ring (bicyclic) bond motifs is 3. The van der Waals surface area contributed by atoms with Crippen LogP contribution in [-0.2, 0) is 19.1 Å². The van der Waals surface area contributed by atoms with E-state index in [-0.39, 0.29) is 42.4 Å². The topological polar surface area (TPSA) is 97.6 Å². The van der Waals surface area contributed by atoms with E-state index in [0.29, 0.717) is 29.2 Å². The van der Waals surface area contributed by atoms with Crippen LogP contribution in [0.2, 0.25) is 5.02 Å². The molecule has 9 heteroatoms. The average Bonchev–Trinajstić information content (AvgIpc) is 3.42. The van der Waals surface area contributed by atoms with Crippen LogP contribution in [-0.4, -0.2) is 60.6 Å². The van der Waals surface area contributed by atoms with Crippen molar-refractivity contribution >= 4 is 41.0 Å². The number of benzene rings is 3. The molecule has 0 bridgehead atoms. The summed E-state index contributed by atoms with van der Waals surface area (Å²) in [6.45, 7) is 2.61. The van der Waals surface area contributed by atoms with Crippen molar-refractivity contribution in [1.29, 1.82) is 0 Å². The zero-order valence-corrected chi connectivity index (χ0v) is 24.6. The van der Waals surface area contributed by atoms with Crippen molar-refractivity contribution in [3.63, 3.8) is 0 Å². The summed E-state index contributed by atoms with van der Waals surface area (Å²) in [6, 6.07) is 21.8. The molecule has 6 rings (SSSR count). The standard InChI is InChI=1S/C34H30ClN3O5/c1-20-15-16-36-31(32(40)21-11-13-22(35)14-12-21)29(17-20)38-33(41)28(18-30(39)42-2)37-34(38)43-19-27-25-9-5-3-7-23(25)24-8-4-6-10-26(24)27/h3-14,17,20,27-28H,15-16,18-19H2,1-2H3. The van der Waals surface area contributed by atoms with Crippen molar-refractivity contribution in [2.45, 2.75) is 31.7 Å². The molecule has 8 nitrogen and oxygen atoms in total. The summed E-state index contributed by atoms with van der Waals surface area (Å²) in [6.07, 6.45) is 2.29. The zero-order valence-electron chi connectivity index (χ0n) is 23.8. The van der Waals surface area contributed by atoms with Gasteiger partial charge in [0.15, 0.2) is 0 Å². The number of ether oxygens (including phenoxy) is 2. The Hall–Kier alpha value is -4.56. The highest BCUT2D eigenvalue weighted by Gasteiger charge is 2.43. The van der Waals surface area contributed by atoms with Crippen LogP contribution in [0.3, 0.4) is 0 Å². The number of carbonyl (C=O) groups excluding carboxylic acids is 3. The first-order chi connectivity index (χ1) is 20.9. The Morgan fingerprint density at radius 1 is 0.977 bits per heavy atom. The normalized spacial score (nSPS) is 19.6. The molecule has 0 fully saturated rings. The maximum absolute atomic E-state index is 13.9. The molecule has 1 aliphatic carbocycles. The van der Waals surface area contributed by atoms with E-state index < -0.39 is 17.9 Å². The molecule has 3 aromatic rings. The highest BCUT2D eigenvalue weighted by Crippen LogP contribution is 2.44. The fourth-order valence-corrected chi connectivity index (χ4v) is 5.91. The first-order valence-electron chi connectivity index (χ1n) is 14.2. The summed E-state index contributed by atoms with van der Waals surface area (Å²) in [5.41, 5.74) is 5.34. The number of nitrogens with zero attached hydrogens (tertiary/aromatic N) is 3. The van der Waals surface area contributed by atoms with Gasteiger partial charge in [-0.15, -0.1) is 0 Å². The first kappa shape index (κ1) is 28.6. The van der Waals surface area contributed by atoms with Gasteiger partial charge >= 0.3 is 5.97 Å². The maximum Gasteiger partial charge on any atom is 0.308 e. The van der Waals surface area contributed by atoms with E-state index in [2.05, 4.69) is 34.3 Å². The van der Waals surface area contributed by atoms with Crippen LogP contribution in [0.5, 0.6) is 0 Å². The quantitative estimate of drug-likeness (QED) is 0.252. The summed E-state index contributed by atoms with van der Waals surface area (Å²) in [5, 5.41) is 0.502. The number of halogens is 1. The number of amidine groups is 1. The lowest BCUT2D eigenvalue weighted by Crippen LogP contribution is -2.41. The minimum atomic E-state index is -1.06. The van der Waals surface area contributed by atoms with Crippen molar-refractivity contribution < 1.29 is 23.9 Å². The third-order valence-corrected chi connectivity index (χ3v) is 8.25. The SMILES string of the molecule is COC(=O)CC1N=C(OCC2c3ccccc3-c3ccccc32)N(C2=CC(C)CCN=C2C(=O)c2ccc(Cl)cc2)C1=O. The third-order valence-electron chi connectivity index (χ3n) is 7.99. The number of aliphatic imine (C=N–C) groups is 2. The number of rotatable bonds is 7. The molecule has 0 saturated heterocycles. The average molecular weight is 596 g/mol. The number of methoxy groups -OCH3 is 1. The Labute approximate surface area is 254 Å². The highest BCUT2D eigenvalue weighted by molar-refractivity contribution is 6.52. The largest absolute Gasteiger partial charge is 0.469 e. The predicted molar refractivity (Wildman–Crippen MR) is 164 cm³/mol. The van der Waals surface area contributed by atoms with Crippen LogP contribution < -0.4 is 0 Å². The van der Waals surface area contributed by atoms with Gasteiger partial charge in [0.25, 0.3) is 11.9 Å². The zero-order chi connectivity index (χ0) is 30.1. The molecule has 3 aromatic carbocycles. The molecule has 0 spiro atoms. The van der Waals surface area contributed by atoms with Crippen LogP contribution in [0.4, 0.5) is 0 Å². The molecule has 3 aliphatic rings. The summed E-state index contributed by atoms with van der Waals surface area (Å²) >= 11 is 6.06. The molecule has 0 saturated carbocycles. The number of amides is 1. The van der Waals surface area contributed by atoms with E-state index in [1.807, 2.05) is 37.3 Å². The lowest BCUT2D eigenvalue weighted by atomic mass is 9.98. The number of hydrogen-bond donors (Lipinski definition) is 0. The lowest BCUT2D eigenvalue weighted by molar-refractivity contribution is -0.143. The summed E-state index contributed by atoms with van der Waals surface area (Å²) < 4.78 is 11.2. The number of allylic oxidation sites excluding steroid dienone is 2. The number of esters is 1. The molecule has 1 amide bonds. The lowest BCUT2D eigenvalue weighted by Gasteiger charge is -2.24. The van der Waals surface area contributed by atoms with Gasteiger partial charge in [0.1, 0.15) is 18.4 Å². The van der Waals surface area contributed by atoms with Gasteiger partial charge in [-0.3, -0.25) is 19.4 Å². The third kappa shape index (κ3) is 5.50. The van der Waals surface area contributed by atoms with Gasteiger partial charge in [-0.25, -0.2) is 9.89 Å². The van der Waals surface area contributed by atoms with E-state index >= 15 is 0 Å². The van der Waals surface area contributed by atoms with Crippen LogP contribution in [0.1, 0.15) is 47.2 Å². The highest BCUT2D eigenvalue weighted by atomic mass is 35.5. The van der Waals surface area contributed by atoms with Crippen LogP contribution in [0, 0.1) is 5.92 Å². The van der Waals surface area contributed by atoms with Gasteiger partial charge in [-0.2, -0.15) is 0 Å². The molecular weight excluding hydrogens is 566 g/mol. The van der Waals surface area contributed by atoms with Gasteiger partial charge in [-0.05, 0) is 58.9 Å². The molecule has 2 atom stereocenters. The van der Waals surface area contributed by atoms with Crippen LogP contribution in [0.15, 0.2) is 94.6 Å². The summed E-state index contributed by atoms with van der Waals surface area (Å²) in [4.78, 5) is 50.5. The molecule has 2 unspecified atom stereocenters. The minimum absolute atomic E-state index is 0.0107. The Balaban J connectivity index is 1.36. The molecule has 2 heterocycles. The fraction of sp³-hybridized carbons (Fsp3) is 0.265. The van der Waals surface area contributed by atoms with Gasteiger partial charge in [0.05, 0.1) is 19.2 Å². The molecule has 43 heavy (non-hydrogen) atoms. The minimum Gasteiger partial charge on any atom is -0.469 e. The van der Waals surface area contributed by atoms with Gasteiger partial charge in [-0.1, -0.05) is 73.1 Å². The smallest absolute Gasteiger partial charge is 0.308 e. The number of hydrogen-bond acceptors (Lipinski definition) is 7. The van der Waals surface area contributed by atoms with Crippen molar-refractivity contribution in [3.8, 4) is 11.1 Å². The molecule has 2 aliphatic heterocycles. The van der Waals surface area contributed by atoms with Crippen molar-refractivity contribution in [2.24, 2.45) is 15.9 Å². The molecule has 0 radical (unpaired) electrons. The van der Waals surface area contributed by atoms with E-state index in [0.717, 1.165) is 22.3 Å². The Morgan fingerprint density at radius 2 is 1.63 bits per heavy atom. The van der Waals surface area contributed by atoms with Crippen molar-refractivity contribution in [3.05, 3.63) is 106 Å². The fourth-order valence-electron chi connectivity index (χ4n) is 5.78. The first-order valence-corrected chi connectivity index (χ1v) is 14.6. The van der Waals surface area contributed by atoms with E-state index in [1.54, 1.807) is 24.3 Å². The van der Waals surface area contributed by atoms with E-state index in [1.165, 1.54) is 12.0 Å². The predicted octanol–water partition coefficient (Wildman–Crippen LogP) is 5.85. The number of ketones is 1. The van der Waals surface area contributed by atoms with Gasteiger partial charge in [0, 0.05) is 23.0 Å². The molecule has 218 valence electrons. The molecular formula is C34H30ClN3O5. The van der Waals surface area contributed by atoms with E-state index in [4.69, 9.17) is 21.1 Å². The molecule has 0 aromatic heterocycles. The Bertz CT molecular complexity index is 1650. The summed E-state index contributed by atoms with van der Waals surface area (Å²) in [7, 11) is 1.26. The number of Topliss-reactive ketones (excluding diaryl/α,β-unsaturated/α-hetero) is 1. The second-order valence-corrected chi connectivity index (χ2v) is 11.2. The van der Waals surface area contributed by atoms with Crippen LogP contribution in [0.25, 0.3) is 11.1 Å². The van der Waals surface area contributed by atoms with Gasteiger partial charge in [0.2, 0.25) is 5.78 Å². The monoisotopic (exact) mass is 595 g/mol. The van der Waals surface area contributed by atoms with Crippen LogP contribution >= 0.6 is 11.6 Å². The Kier molecular flexibility index (Phi) is 7.95. The molecule has 0 N–H and O–H groups in total. The van der Waals surface area contributed by atoms with Crippen molar-refractivity contribution in [1.82, 2.24) is 4.90 Å². The Morgan fingerprint density at radius 3 is 2.28 bits per heavy atom. The van der Waals surface area contributed by atoms with Gasteiger partial charge < -0.3 is 9.47 Å². The maximum atomic E-state index is 13.9.